The zero-order chi connectivity index (χ0) is 18.0. The molecule has 130 valence electrons. The number of oxime groups is 2. The van der Waals surface area contributed by atoms with E-state index in [1.165, 1.54) is 0 Å². The van der Waals surface area contributed by atoms with Gasteiger partial charge < -0.3 is 4.84 Å². The van der Waals surface area contributed by atoms with E-state index in [0.29, 0.717) is 23.6 Å². The Hall–Kier alpha value is -3.51. The molecule has 0 fully saturated rings. The summed E-state index contributed by atoms with van der Waals surface area (Å²) in [7, 11) is 0. The Morgan fingerprint density at radius 2 is 1.35 bits per heavy atom. The fraction of sp³-hybridized carbons (Fsp3) is 0.0500. The Kier molecular flexibility index (Phi) is 6.06. The first-order valence-electron chi connectivity index (χ1n) is 7.92. The smallest absolute Gasteiger partial charge is 0.312 e. The molecule has 0 aliphatic heterocycles. The van der Waals surface area contributed by atoms with E-state index in [9.17, 15) is 4.79 Å². The maximum Gasteiger partial charge on any atom is 0.365 e. The zero-order valence-corrected chi connectivity index (χ0v) is 13.8. The predicted octanol–water partition coefficient (Wildman–Crippen LogP) is 3.83. The number of allylic oxidation sites excluding steroid dienone is 4. The molecule has 0 spiro atoms. The number of carbonyl (C=O) groups excluding carboxylic acids is 1. The van der Waals surface area contributed by atoms with Gasteiger partial charge in [0.05, 0.1) is 5.56 Å². The van der Waals surface area contributed by atoms with Gasteiger partial charge in [0.25, 0.3) is 0 Å². The molecule has 2 aromatic rings. The van der Waals surface area contributed by atoms with Crippen molar-refractivity contribution in [2.45, 2.75) is 6.61 Å². The van der Waals surface area contributed by atoms with Crippen LogP contribution < -0.4 is 0 Å². The van der Waals surface area contributed by atoms with Gasteiger partial charge >= 0.3 is 5.97 Å². The van der Waals surface area contributed by atoms with Crippen LogP contribution in [0, 0.1) is 0 Å². The van der Waals surface area contributed by atoms with E-state index in [2.05, 4.69) is 10.3 Å². The van der Waals surface area contributed by atoms with Gasteiger partial charge in [0.15, 0.2) is 0 Å². The first-order chi connectivity index (χ1) is 12.8. The minimum atomic E-state index is -0.517. The minimum absolute atomic E-state index is 0.299. The summed E-state index contributed by atoms with van der Waals surface area (Å²) in [6.07, 6.45) is 6.64. The molecular formula is C20H16N2O4. The van der Waals surface area contributed by atoms with Crippen LogP contribution in [0.2, 0.25) is 0 Å². The maximum absolute atomic E-state index is 11.8. The van der Waals surface area contributed by atoms with Crippen LogP contribution in [-0.4, -0.2) is 17.4 Å². The molecule has 2 aromatic carbocycles. The second kappa shape index (κ2) is 9.10. The molecule has 6 heteroatoms. The first kappa shape index (κ1) is 17.3. The Bertz CT molecular complexity index is 838. The Labute approximate surface area is 150 Å². The van der Waals surface area contributed by atoms with E-state index >= 15 is 0 Å². The number of benzene rings is 2. The lowest BCUT2D eigenvalue weighted by Gasteiger charge is -2.03. The van der Waals surface area contributed by atoms with Crippen molar-refractivity contribution in [2.75, 3.05) is 0 Å². The van der Waals surface area contributed by atoms with Crippen molar-refractivity contribution in [3.8, 4) is 0 Å². The molecular weight excluding hydrogens is 332 g/mol. The summed E-state index contributed by atoms with van der Waals surface area (Å²) in [5, 5.41) is 7.63. The van der Waals surface area contributed by atoms with Gasteiger partial charge in [0.1, 0.15) is 18.0 Å². The number of nitrogens with zero attached hydrogens (tertiary/aromatic N) is 2. The summed E-state index contributed by atoms with van der Waals surface area (Å²) >= 11 is 0. The summed E-state index contributed by atoms with van der Waals surface area (Å²) in [5.41, 5.74) is 2.45. The summed E-state index contributed by atoms with van der Waals surface area (Å²) in [4.78, 5) is 26.6. The molecule has 3 rings (SSSR count). The Morgan fingerprint density at radius 3 is 2.00 bits per heavy atom. The second-order valence-electron chi connectivity index (χ2n) is 5.27. The molecule has 1 aliphatic carbocycles. The molecule has 6 nitrogen and oxygen atoms in total. The molecule has 0 heterocycles. The lowest BCUT2D eigenvalue weighted by molar-refractivity contribution is -0.305. The molecule has 1 aliphatic rings. The third-order valence-corrected chi connectivity index (χ3v) is 3.36. The van der Waals surface area contributed by atoms with Crippen molar-refractivity contribution in [3.05, 3.63) is 96.1 Å². The molecule has 0 N–H and O–H groups in total. The van der Waals surface area contributed by atoms with Crippen LogP contribution in [0.3, 0.4) is 0 Å². The van der Waals surface area contributed by atoms with Gasteiger partial charge in [-0.05, 0) is 47.2 Å². The van der Waals surface area contributed by atoms with Crippen LogP contribution >= 0.6 is 0 Å². The van der Waals surface area contributed by atoms with Gasteiger partial charge in [-0.2, -0.15) is 4.89 Å². The van der Waals surface area contributed by atoms with E-state index in [-0.39, 0.29) is 0 Å². The average Bonchev–Trinajstić information content (AvgIpc) is 2.72. The number of rotatable bonds is 6. The third-order valence-electron chi connectivity index (χ3n) is 3.36. The van der Waals surface area contributed by atoms with Gasteiger partial charge in [-0.1, -0.05) is 53.7 Å². The topological polar surface area (TPSA) is 69.5 Å². The minimum Gasteiger partial charge on any atom is -0.312 e. The van der Waals surface area contributed by atoms with E-state index in [4.69, 9.17) is 14.7 Å². The van der Waals surface area contributed by atoms with Crippen LogP contribution in [0.1, 0.15) is 15.9 Å². The second-order valence-corrected chi connectivity index (χ2v) is 5.27. The fourth-order valence-electron chi connectivity index (χ4n) is 2.03. The van der Waals surface area contributed by atoms with Crippen LogP contribution in [0.5, 0.6) is 0 Å². The zero-order valence-electron chi connectivity index (χ0n) is 13.8. The molecule has 0 aromatic heterocycles. The van der Waals surface area contributed by atoms with Crippen molar-refractivity contribution in [3.63, 3.8) is 0 Å². The van der Waals surface area contributed by atoms with E-state index in [1.54, 1.807) is 48.6 Å². The van der Waals surface area contributed by atoms with Crippen molar-refractivity contribution in [1.82, 2.24) is 0 Å². The summed E-state index contributed by atoms with van der Waals surface area (Å²) in [6.45, 7) is 0.299. The fourth-order valence-corrected chi connectivity index (χ4v) is 2.03. The lowest BCUT2D eigenvalue weighted by atomic mass is 10.1. The average molecular weight is 348 g/mol. The summed E-state index contributed by atoms with van der Waals surface area (Å²) in [6, 6.07) is 18.3. The molecule has 0 atom stereocenters. The molecule has 0 amide bonds. The lowest BCUT2D eigenvalue weighted by Crippen LogP contribution is -2.05. The molecule has 26 heavy (non-hydrogen) atoms. The monoisotopic (exact) mass is 348 g/mol. The van der Waals surface area contributed by atoms with Crippen LogP contribution in [0.25, 0.3) is 0 Å². The SMILES string of the molecule is O=C(ON=C1C=CC(=NOOCc2ccccc2)C=C1)c1ccccc1. The maximum atomic E-state index is 11.8. The molecule has 0 radical (unpaired) electrons. The van der Waals surface area contributed by atoms with E-state index in [0.717, 1.165) is 5.56 Å². The highest BCUT2D eigenvalue weighted by molar-refractivity contribution is 6.18. The van der Waals surface area contributed by atoms with Crippen molar-refractivity contribution >= 4 is 17.4 Å². The number of hydrogen-bond acceptors (Lipinski definition) is 6. The summed E-state index contributed by atoms with van der Waals surface area (Å²) in [5.74, 6) is -0.517. The Morgan fingerprint density at radius 1 is 0.769 bits per heavy atom. The van der Waals surface area contributed by atoms with Crippen LogP contribution in [-0.2, 0) is 21.3 Å². The van der Waals surface area contributed by atoms with Crippen molar-refractivity contribution < 1.29 is 19.5 Å². The van der Waals surface area contributed by atoms with Crippen LogP contribution in [0.4, 0.5) is 0 Å². The highest BCUT2D eigenvalue weighted by atomic mass is 17.3. The largest absolute Gasteiger partial charge is 0.365 e. The standard InChI is InChI=1S/C20H16N2O4/c23-20(17-9-5-2-6-10-17)25-21-18-11-13-19(14-12-18)22-26-24-15-16-7-3-1-4-8-16/h1-14H,15H2. The molecule has 0 saturated heterocycles. The van der Waals surface area contributed by atoms with Crippen LogP contribution in [0.15, 0.2) is 95.3 Å². The highest BCUT2D eigenvalue weighted by Gasteiger charge is 2.07. The third kappa shape index (κ3) is 5.25. The molecule has 0 bridgehead atoms. The van der Waals surface area contributed by atoms with E-state index in [1.807, 2.05) is 36.4 Å². The van der Waals surface area contributed by atoms with Gasteiger partial charge in [0, 0.05) is 0 Å². The number of hydrogen-bond donors (Lipinski definition) is 0. The predicted molar refractivity (Wildman–Crippen MR) is 97.3 cm³/mol. The molecule has 0 unspecified atom stereocenters. The number of carbonyl (C=O) groups is 1. The first-order valence-corrected chi connectivity index (χ1v) is 7.92. The van der Waals surface area contributed by atoms with E-state index < -0.39 is 5.97 Å². The summed E-state index contributed by atoms with van der Waals surface area (Å²) < 4.78 is 0. The van der Waals surface area contributed by atoms with Gasteiger partial charge in [0.2, 0.25) is 0 Å². The highest BCUT2D eigenvalue weighted by Crippen LogP contribution is 2.05. The molecule has 0 saturated carbocycles. The van der Waals surface area contributed by atoms with Gasteiger partial charge in [-0.3, -0.25) is 0 Å². The Balaban J connectivity index is 1.45. The van der Waals surface area contributed by atoms with Crippen molar-refractivity contribution in [2.24, 2.45) is 10.3 Å². The van der Waals surface area contributed by atoms with Crippen molar-refractivity contribution in [1.29, 1.82) is 0 Å². The normalized spacial score (nSPS) is 12.6. The van der Waals surface area contributed by atoms with Gasteiger partial charge in [-0.15, -0.1) is 0 Å². The van der Waals surface area contributed by atoms with Gasteiger partial charge in [-0.25, -0.2) is 9.78 Å². The quantitative estimate of drug-likeness (QED) is 0.262.